The molecule has 118 valence electrons. The van der Waals surface area contributed by atoms with E-state index < -0.39 is 0 Å². The van der Waals surface area contributed by atoms with Crippen molar-refractivity contribution in [3.05, 3.63) is 48.0 Å². The number of nitrogens with one attached hydrogen (secondary N) is 2. The number of rotatable bonds is 5. The molecule has 3 rings (SSSR count). The molecular formula is C17H17N3OS2. The zero-order valence-electron chi connectivity index (χ0n) is 12.9. The van der Waals surface area contributed by atoms with Gasteiger partial charge in [-0.2, -0.15) is 0 Å². The van der Waals surface area contributed by atoms with Gasteiger partial charge >= 0.3 is 0 Å². The van der Waals surface area contributed by atoms with Gasteiger partial charge in [0.05, 0.1) is 16.8 Å². The average molecular weight is 343 g/mol. The monoisotopic (exact) mass is 343 g/mol. The third kappa shape index (κ3) is 4.09. The number of aromatic nitrogens is 2. The van der Waals surface area contributed by atoms with Crippen LogP contribution in [0.1, 0.15) is 5.56 Å². The number of imidazole rings is 1. The summed E-state index contributed by atoms with van der Waals surface area (Å²) in [6, 6.07) is 13.9. The number of carbonyl (C=O) groups is 1. The summed E-state index contributed by atoms with van der Waals surface area (Å²) in [7, 11) is 0. The third-order valence-corrected chi connectivity index (χ3v) is 4.91. The highest BCUT2D eigenvalue weighted by atomic mass is 32.2. The minimum Gasteiger partial charge on any atom is -0.333 e. The number of thioether (sulfide) groups is 2. The maximum Gasteiger partial charge on any atom is 0.234 e. The van der Waals surface area contributed by atoms with Crippen molar-refractivity contribution in [2.24, 2.45) is 0 Å². The molecule has 0 saturated carbocycles. The van der Waals surface area contributed by atoms with Crippen molar-refractivity contribution in [1.29, 1.82) is 0 Å². The van der Waals surface area contributed by atoms with Crippen LogP contribution in [0.3, 0.4) is 0 Å². The molecule has 2 N–H and O–H groups in total. The van der Waals surface area contributed by atoms with E-state index in [4.69, 9.17) is 0 Å². The molecule has 6 heteroatoms. The van der Waals surface area contributed by atoms with Crippen molar-refractivity contribution in [2.75, 3.05) is 17.3 Å². The fourth-order valence-electron chi connectivity index (χ4n) is 2.20. The average Bonchev–Trinajstić information content (AvgIpc) is 2.95. The fourth-order valence-corrected chi connectivity index (χ4v) is 3.34. The van der Waals surface area contributed by atoms with Crippen LogP contribution < -0.4 is 5.32 Å². The molecule has 4 nitrogen and oxygen atoms in total. The number of anilines is 1. The van der Waals surface area contributed by atoms with Gasteiger partial charge in [0.25, 0.3) is 0 Å². The molecule has 3 aromatic rings. The minimum absolute atomic E-state index is 0.0371. The first-order valence-electron chi connectivity index (χ1n) is 7.17. The molecule has 0 aliphatic heterocycles. The number of nitrogens with zero attached hydrogens (tertiary/aromatic N) is 1. The second kappa shape index (κ2) is 7.10. The van der Waals surface area contributed by atoms with Gasteiger partial charge in [0, 0.05) is 10.6 Å². The van der Waals surface area contributed by atoms with E-state index in [2.05, 4.69) is 21.4 Å². The number of hydrogen-bond acceptors (Lipinski definition) is 4. The van der Waals surface area contributed by atoms with Gasteiger partial charge in [-0.1, -0.05) is 23.9 Å². The van der Waals surface area contributed by atoms with Crippen LogP contribution in [0, 0.1) is 6.92 Å². The van der Waals surface area contributed by atoms with Crippen LogP contribution in [0.5, 0.6) is 0 Å². The summed E-state index contributed by atoms with van der Waals surface area (Å²) in [6.07, 6.45) is 2.01. The molecule has 0 aliphatic rings. The highest BCUT2D eigenvalue weighted by molar-refractivity contribution is 7.99. The van der Waals surface area contributed by atoms with E-state index in [1.54, 1.807) is 11.8 Å². The summed E-state index contributed by atoms with van der Waals surface area (Å²) >= 11 is 3.06. The number of H-pyrrole nitrogens is 1. The highest BCUT2D eigenvalue weighted by Crippen LogP contribution is 2.22. The number of aryl methyl sites for hydroxylation is 1. The lowest BCUT2D eigenvalue weighted by atomic mass is 10.2. The smallest absolute Gasteiger partial charge is 0.234 e. The van der Waals surface area contributed by atoms with E-state index in [1.165, 1.54) is 17.3 Å². The first kappa shape index (κ1) is 16.0. The van der Waals surface area contributed by atoms with E-state index in [1.807, 2.05) is 49.6 Å². The topological polar surface area (TPSA) is 57.8 Å². The Morgan fingerprint density at radius 1 is 1.26 bits per heavy atom. The first-order valence-corrected chi connectivity index (χ1v) is 9.38. The predicted molar refractivity (Wildman–Crippen MR) is 98.4 cm³/mol. The maximum absolute atomic E-state index is 12.1. The molecule has 23 heavy (non-hydrogen) atoms. The third-order valence-electron chi connectivity index (χ3n) is 3.31. The van der Waals surface area contributed by atoms with Crippen molar-refractivity contribution in [3.8, 4) is 0 Å². The molecule has 0 atom stereocenters. The van der Waals surface area contributed by atoms with Crippen LogP contribution >= 0.6 is 23.5 Å². The zero-order valence-corrected chi connectivity index (χ0v) is 14.6. The van der Waals surface area contributed by atoms with E-state index in [0.717, 1.165) is 26.8 Å². The van der Waals surface area contributed by atoms with Gasteiger partial charge in [-0.3, -0.25) is 4.79 Å². The van der Waals surface area contributed by atoms with Gasteiger partial charge in [-0.05, 0) is 49.1 Å². The molecular weight excluding hydrogens is 326 g/mol. The summed E-state index contributed by atoms with van der Waals surface area (Å²) < 4.78 is 0. The second-order valence-corrected chi connectivity index (χ2v) is 6.98. The van der Waals surface area contributed by atoms with Crippen LogP contribution in [0.4, 0.5) is 5.69 Å². The van der Waals surface area contributed by atoms with E-state index >= 15 is 0 Å². The Hall–Kier alpha value is -1.92. The van der Waals surface area contributed by atoms with Crippen molar-refractivity contribution in [1.82, 2.24) is 9.97 Å². The lowest BCUT2D eigenvalue weighted by Crippen LogP contribution is -2.14. The van der Waals surface area contributed by atoms with E-state index in [0.29, 0.717) is 5.75 Å². The van der Waals surface area contributed by atoms with Crippen molar-refractivity contribution in [3.63, 3.8) is 0 Å². The van der Waals surface area contributed by atoms with Gasteiger partial charge in [-0.25, -0.2) is 4.98 Å². The van der Waals surface area contributed by atoms with Crippen molar-refractivity contribution in [2.45, 2.75) is 17.0 Å². The molecule has 0 aliphatic carbocycles. The Bertz CT molecular complexity index is 845. The number of benzene rings is 2. The number of fused-ring (bicyclic) bond motifs is 1. The molecule has 0 fully saturated rings. The lowest BCUT2D eigenvalue weighted by Gasteiger charge is -2.05. The van der Waals surface area contributed by atoms with E-state index in [9.17, 15) is 4.79 Å². The number of carbonyl (C=O) groups excluding carboxylic acids is 1. The molecule has 2 aromatic carbocycles. The molecule has 1 heterocycles. The van der Waals surface area contributed by atoms with Gasteiger partial charge in [0.1, 0.15) is 0 Å². The van der Waals surface area contributed by atoms with Crippen LogP contribution in [0.25, 0.3) is 11.0 Å². The zero-order chi connectivity index (χ0) is 16.2. The first-order chi connectivity index (χ1) is 11.1. The lowest BCUT2D eigenvalue weighted by molar-refractivity contribution is -0.113. The second-order valence-electron chi connectivity index (χ2n) is 5.13. The molecule has 0 bridgehead atoms. The number of aromatic amines is 1. The molecule has 0 spiro atoms. The van der Waals surface area contributed by atoms with Crippen LogP contribution in [0.15, 0.2) is 52.5 Å². The standard InChI is InChI=1S/C17H17N3OS2/c1-11-6-7-14-15(8-11)20-17(19-14)23-10-16(21)18-12-4-3-5-13(9-12)22-2/h3-9H,10H2,1-2H3,(H,18,21)(H,19,20). The molecule has 0 saturated heterocycles. The number of hydrogen-bond donors (Lipinski definition) is 2. The van der Waals surface area contributed by atoms with Gasteiger partial charge in [-0.15, -0.1) is 11.8 Å². The Morgan fingerprint density at radius 2 is 2.13 bits per heavy atom. The molecule has 1 amide bonds. The normalized spacial score (nSPS) is 10.9. The maximum atomic E-state index is 12.1. The van der Waals surface area contributed by atoms with Gasteiger partial charge in [0.2, 0.25) is 5.91 Å². The van der Waals surface area contributed by atoms with Crippen LogP contribution in [0.2, 0.25) is 0 Å². The SMILES string of the molecule is CSc1cccc(NC(=O)CSc2nc3ccc(C)cc3[nH]2)c1. The van der Waals surface area contributed by atoms with E-state index in [-0.39, 0.29) is 5.91 Å². The van der Waals surface area contributed by atoms with Crippen LogP contribution in [-0.2, 0) is 4.79 Å². The molecule has 0 unspecified atom stereocenters. The summed E-state index contributed by atoms with van der Waals surface area (Å²) in [6.45, 7) is 2.04. The van der Waals surface area contributed by atoms with Gasteiger partial charge < -0.3 is 10.3 Å². The predicted octanol–water partition coefficient (Wildman–Crippen LogP) is 4.32. The van der Waals surface area contributed by atoms with Crippen molar-refractivity contribution >= 4 is 46.2 Å². The van der Waals surface area contributed by atoms with Crippen LogP contribution in [-0.4, -0.2) is 27.9 Å². The molecule has 1 aromatic heterocycles. The fraction of sp³-hybridized carbons (Fsp3) is 0.176. The number of amides is 1. The summed E-state index contributed by atoms with van der Waals surface area (Å²) in [4.78, 5) is 20.9. The summed E-state index contributed by atoms with van der Waals surface area (Å²) in [5.41, 5.74) is 3.93. The Labute approximate surface area is 143 Å². The Morgan fingerprint density at radius 3 is 2.96 bits per heavy atom. The van der Waals surface area contributed by atoms with Gasteiger partial charge in [0.15, 0.2) is 5.16 Å². The minimum atomic E-state index is -0.0371. The quantitative estimate of drug-likeness (QED) is 0.677. The molecule has 0 radical (unpaired) electrons. The Kier molecular flexibility index (Phi) is 4.93. The summed E-state index contributed by atoms with van der Waals surface area (Å²) in [5.74, 6) is 0.285. The summed E-state index contributed by atoms with van der Waals surface area (Å²) in [5, 5.41) is 3.68. The van der Waals surface area contributed by atoms with Crippen molar-refractivity contribution < 1.29 is 4.79 Å². The highest BCUT2D eigenvalue weighted by Gasteiger charge is 2.08. The Balaban J connectivity index is 1.61. The largest absolute Gasteiger partial charge is 0.333 e.